The second-order valence-electron chi connectivity index (χ2n) is 5.51. The van der Waals surface area contributed by atoms with Gasteiger partial charge in [-0.15, -0.1) is 0 Å². The van der Waals surface area contributed by atoms with Crippen LogP contribution in [0.1, 0.15) is 72.6 Å². The minimum absolute atomic E-state index is 0.953. The largest absolute Gasteiger partial charge is 0.152 e. The Labute approximate surface area is 119 Å². The van der Waals surface area contributed by atoms with E-state index in [1.807, 2.05) is 22.9 Å². The third-order valence-corrected chi connectivity index (χ3v) is 4.04. The third-order valence-electron chi connectivity index (χ3n) is 3.41. The van der Waals surface area contributed by atoms with Gasteiger partial charge in [-0.05, 0) is 22.6 Å². The summed E-state index contributed by atoms with van der Waals surface area (Å²) in [5.41, 5.74) is 0. The zero-order valence-electron chi connectivity index (χ0n) is 12.8. The summed E-state index contributed by atoms with van der Waals surface area (Å²) in [5, 5.41) is 4.08. The average molecular weight is 269 g/mol. The molecule has 2 unspecified atom stereocenters. The van der Waals surface area contributed by atoms with Crippen LogP contribution in [0.15, 0.2) is 22.9 Å². The number of hydrogen-bond acceptors (Lipinski definition) is 1. The Morgan fingerprint density at radius 2 is 1.33 bits per heavy atom. The average Bonchev–Trinajstić information content (AvgIpc) is 2.93. The van der Waals surface area contributed by atoms with Gasteiger partial charge in [-0.25, -0.2) is 0 Å². The SMILES string of the molecule is CCCCC(C)CCC(C)CCC.c1ccsc1. The monoisotopic (exact) mass is 268 g/mol. The van der Waals surface area contributed by atoms with E-state index >= 15 is 0 Å². The predicted molar refractivity (Wildman–Crippen MR) is 86.3 cm³/mol. The molecule has 0 saturated carbocycles. The van der Waals surface area contributed by atoms with Crippen molar-refractivity contribution < 1.29 is 0 Å². The quantitative estimate of drug-likeness (QED) is 0.487. The fourth-order valence-corrected chi connectivity index (χ4v) is 2.58. The van der Waals surface area contributed by atoms with Crippen molar-refractivity contribution in [3.8, 4) is 0 Å². The Morgan fingerprint density at radius 3 is 1.72 bits per heavy atom. The van der Waals surface area contributed by atoms with E-state index in [2.05, 4.69) is 27.7 Å². The number of thiophene rings is 1. The maximum absolute atomic E-state index is 2.41. The van der Waals surface area contributed by atoms with Gasteiger partial charge in [-0.2, -0.15) is 11.3 Å². The number of unbranched alkanes of at least 4 members (excludes halogenated alkanes) is 1. The molecule has 0 N–H and O–H groups in total. The van der Waals surface area contributed by atoms with Crippen molar-refractivity contribution in [3.63, 3.8) is 0 Å². The molecular formula is C17H32S. The molecule has 0 nitrogen and oxygen atoms in total. The second-order valence-corrected chi connectivity index (χ2v) is 6.33. The van der Waals surface area contributed by atoms with Gasteiger partial charge in [0, 0.05) is 0 Å². The molecule has 0 radical (unpaired) electrons. The zero-order valence-corrected chi connectivity index (χ0v) is 13.6. The highest BCUT2D eigenvalue weighted by Crippen LogP contribution is 2.19. The van der Waals surface area contributed by atoms with Gasteiger partial charge >= 0.3 is 0 Å². The zero-order chi connectivity index (χ0) is 13.6. The maximum atomic E-state index is 2.41. The molecule has 1 rings (SSSR count). The Balaban J connectivity index is 0.000000473. The van der Waals surface area contributed by atoms with Gasteiger partial charge in [0.1, 0.15) is 0 Å². The van der Waals surface area contributed by atoms with Crippen molar-refractivity contribution in [2.45, 2.75) is 72.6 Å². The van der Waals surface area contributed by atoms with Crippen molar-refractivity contribution in [2.75, 3.05) is 0 Å². The molecule has 1 aromatic rings. The third kappa shape index (κ3) is 12.2. The first-order chi connectivity index (χ1) is 8.70. The van der Waals surface area contributed by atoms with E-state index in [0.29, 0.717) is 0 Å². The van der Waals surface area contributed by atoms with Crippen molar-refractivity contribution in [2.24, 2.45) is 11.8 Å². The smallest absolute Gasteiger partial charge is 0.00934 e. The lowest BCUT2D eigenvalue weighted by Gasteiger charge is -2.14. The van der Waals surface area contributed by atoms with Gasteiger partial charge in [0.25, 0.3) is 0 Å². The molecule has 0 aliphatic carbocycles. The molecule has 0 saturated heterocycles. The van der Waals surface area contributed by atoms with Gasteiger partial charge in [0.05, 0.1) is 0 Å². The summed E-state index contributed by atoms with van der Waals surface area (Å²) in [6.45, 7) is 9.38. The molecule has 0 aromatic carbocycles. The van der Waals surface area contributed by atoms with E-state index < -0.39 is 0 Å². The maximum Gasteiger partial charge on any atom is -0.00934 e. The van der Waals surface area contributed by atoms with Gasteiger partial charge in [0.15, 0.2) is 0 Å². The van der Waals surface area contributed by atoms with Crippen LogP contribution in [-0.4, -0.2) is 0 Å². The van der Waals surface area contributed by atoms with E-state index in [9.17, 15) is 0 Å². The second kappa shape index (κ2) is 13.1. The molecule has 18 heavy (non-hydrogen) atoms. The molecular weight excluding hydrogens is 236 g/mol. The first-order valence-corrected chi connectivity index (χ1v) is 8.62. The normalized spacial score (nSPS) is 13.6. The molecule has 0 fully saturated rings. The Kier molecular flexibility index (Phi) is 12.9. The van der Waals surface area contributed by atoms with Gasteiger partial charge in [0.2, 0.25) is 0 Å². The lowest BCUT2D eigenvalue weighted by molar-refractivity contribution is 0.389. The Morgan fingerprint density at radius 1 is 0.778 bits per heavy atom. The molecule has 0 spiro atoms. The summed E-state index contributed by atoms with van der Waals surface area (Å²) in [5.74, 6) is 1.91. The summed E-state index contributed by atoms with van der Waals surface area (Å²) < 4.78 is 0. The summed E-state index contributed by atoms with van der Waals surface area (Å²) in [4.78, 5) is 0. The van der Waals surface area contributed by atoms with Crippen LogP contribution in [0.25, 0.3) is 0 Å². The van der Waals surface area contributed by atoms with E-state index in [4.69, 9.17) is 0 Å². The molecule has 1 heteroatoms. The Hall–Kier alpha value is -0.300. The summed E-state index contributed by atoms with van der Waals surface area (Å²) in [7, 11) is 0. The van der Waals surface area contributed by atoms with Crippen molar-refractivity contribution >= 4 is 11.3 Å². The molecule has 0 aliphatic rings. The topological polar surface area (TPSA) is 0 Å². The van der Waals surface area contributed by atoms with Gasteiger partial charge < -0.3 is 0 Å². The van der Waals surface area contributed by atoms with Crippen LogP contribution in [0.2, 0.25) is 0 Å². The molecule has 106 valence electrons. The van der Waals surface area contributed by atoms with E-state index in [-0.39, 0.29) is 0 Å². The van der Waals surface area contributed by atoms with Crippen LogP contribution in [-0.2, 0) is 0 Å². The predicted octanol–water partition coefficient (Wildman–Crippen LogP) is 6.78. The summed E-state index contributed by atoms with van der Waals surface area (Å²) in [6, 6.07) is 4.04. The first kappa shape index (κ1) is 17.7. The van der Waals surface area contributed by atoms with Crippen molar-refractivity contribution in [1.82, 2.24) is 0 Å². The highest BCUT2D eigenvalue weighted by Gasteiger charge is 2.05. The Bertz CT molecular complexity index is 211. The molecule has 2 atom stereocenters. The lowest BCUT2D eigenvalue weighted by atomic mass is 9.92. The lowest BCUT2D eigenvalue weighted by Crippen LogP contribution is -2.00. The van der Waals surface area contributed by atoms with Crippen LogP contribution >= 0.6 is 11.3 Å². The summed E-state index contributed by atoms with van der Waals surface area (Å²) in [6.07, 6.45) is 9.87. The van der Waals surface area contributed by atoms with E-state index in [1.54, 1.807) is 11.3 Å². The van der Waals surface area contributed by atoms with Crippen molar-refractivity contribution in [1.29, 1.82) is 0 Å². The minimum Gasteiger partial charge on any atom is -0.152 e. The highest BCUT2D eigenvalue weighted by molar-refractivity contribution is 7.07. The number of rotatable bonds is 8. The van der Waals surface area contributed by atoms with Crippen LogP contribution in [0.3, 0.4) is 0 Å². The molecule has 1 aromatic heterocycles. The fraction of sp³-hybridized carbons (Fsp3) is 0.765. The highest BCUT2D eigenvalue weighted by atomic mass is 32.1. The first-order valence-electron chi connectivity index (χ1n) is 7.67. The molecule has 1 heterocycles. The van der Waals surface area contributed by atoms with E-state index in [1.165, 1.54) is 44.9 Å². The standard InChI is InChI=1S/C13H28.C4H4S/c1-5-7-9-13(4)11-10-12(3)8-6-2;1-2-4-5-3-1/h12-13H,5-11H2,1-4H3;1-4H. The fourth-order valence-electron chi connectivity index (χ4n) is 2.13. The summed E-state index contributed by atoms with van der Waals surface area (Å²) >= 11 is 1.71. The molecule has 0 bridgehead atoms. The minimum atomic E-state index is 0.953. The van der Waals surface area contributed by atoms with Crippen LogP contribution in [0.4, 0.5) is 0 Å². The van der Waals surface area contributed by atoms with Crippen molar-refractivity contribution in [3.05, 3.63) is 22.9 Å². The number of hydrogen-bond donors (Lipinski definition) is 0. The van der Waals surface area contributed by atoms with Crippen LogP contribution in [0.5, 0.6) is 0 Å². The van der Waals surface area contributed by atoms with Crippen LogP contribution in [0, 0.1) is 11.8 Å². The van der Waals surface area contributed by atoms with E-state index in [0.717, 1.165) is 11.8 Å². The van der Waals surface area contributed by atoms with Crippen LogP contribution < -0.4 is 0 Å². The van der Waals surface area contributed by atoms with Gasteiger partial charge in [-0.3, -0.25) is 0 Å². The van der Waals surface area contributed by atoms with Gasteiger partial charge in [-0.1, -0.05) is 84.8 Å². The molecule has 0 aliphatic heterocycles. The molecule has 0 amide bonds.